The predicted molar refractivity (Wildman–Crippen MR) is 72.8 cm³/mol. The lowest BCUT2D eigenvalue weighted by Gasteiger charge is -2.00. The average Bonchev–Trinajstić information content (AvgIpc) is 2.77. The van der Waals surface area contributed by atoms with Crippen molar-refractivity contribution >= 4 is 11.0 Å². The molecule has 17 heavy (non-hydrogen) atoms. The van der Waals surface area contributed by atoms with E-state index in [0.29, 0.717) is 5.56 Å². The van der Waals surface area contributed by atoms with Crippen LogP contribution in [0.2, 0.25) is 0 Å². The number of halogens is 1. The van der Waals surface area contributed by atoms with Crippen LogP contribution in [0.1, 0.15) is 40.2 Å². The predicted octanol–water partition coefficient (Wildman–Crippen LogP) is 4.56. The third kappa shape index (κ3) is 3.55. The van der Waals surface area contributed by atoms with Gasteiger partial charge in [-0.05, 0) is 25.5 Å². The first-order valence-electron chi connectivity index (χ1n) is 6.33. The van der Waals surface area contributed by atoms with Gasteiger partial charge in [-0.15, -0.1) is 0 Å². The van der Waals surface area contributed by atoms with Gasteiger partial charge in [-0.3, -0.25) is 0 Å². The zero-order valence-corrected chi connectivity index (χ0v) is 11.7. The van der Waals surface area contributed by atoms with Crippen LogP contribution >= 0.6 is 0 Å². The highest BCUT2D eigenvalue weighted by Gasteiger charge is 2.04. The molecule has 0 saturated carbocycles. The molecule has 0 radical (unpaired) electrons. The summed E-state index contributed by atoms with van der Waals surface area (Å²) in [5.74, 6) is -0.164. The van der Waals surface area contributed by atoms with E-state index in [2.05, 4.69) is 4.98 Å². The Morgan fingerprint density at radius 3 is 2.29 bits per heavy atom. The monoisotopic (exact) mass is 238 g/mol. The SMILES string of the molecule is CC.CC.CCn1cnc2cc(C)c(F)cc21. The first kappa shape index (κ1) is 15.6. The van der Waals surface area contributed by atoms with Gasteiger partial charge in [0.25, 0.3) is 0 Å². The van der Waals surface area contributed by atoms with E-state index in [-0.39, 0.29) is 5.82 Å². The Kier molecular flexibility index (Phi) is 7.19. The Bertz CT molecular complexity index is 447. The molecule has 0 N–H and O–H groups in total. The fourth-order valence-electron chi connectivity index (χ4n) is 1.44. The molecule has 2 rings (SSSR count). The van der Waals surface area contributed by atoms with E-state index in [1.54, 1.807) is 25.4 Å². The van der Waals surface area contributed by atoms with Crippen molar-refractivity contribution in [1.82, 2.24) is 9.55 Å². The van der Waals surface area contributed by atoms with Gasteiger partial charge in [0.05, 0.1) is 17.4 Å². The van der Waals surface area contributed by atoms with Crippen LogP contribution in [0.15, 0.2) is 18.5 Å². The number of rotatable bonds is 1. The van der Waals surface area contributed by atoms with Crippen molar-refractivity contribution in [2.75, 3.05) is 0 Å². The lowest BCUT2D eigenvalue weighted by atomic mass is 10.2. The summed E-state index contributed by atoms with van der Waals surface area (Å²) in [7, 11) is 0. The number of hydrogen-bond donors (Lipinski definition) is 0. The highest BCUT2D eigenvalue weighted by Crippen LogP contribution is 2.17. The summed E-state index contributed by atoms with van der Waals surface area (Å²) in [5.41, 5.74) is 2.38. The van der Waals surface area contributed by atoms with Crippen molar-refractivity contribution in [3.05, 3.63) is 29.8 Å². The molecule has 1 aromatic heterocycles. The van der Waals surface area contributed by atoms with Crippen LogP contribution in [0.5, 0.6) is 0 Å². The van der Waals surface area contributed by atoms with E-state index in [9.17, 15) is 4.39 Å². The van der Waals surface area contributed by atoms with Crippen LogP contribution in [-0.2, 0) is 6.54 Å². The van der Waals surface area contributed by atoms with Gasteiger partial charge < -0.3 is 4.57 Å². The van der Waals surface area contributed by atoms with E-state index in [4.69, 9.17) is 0 Å². The van der Waals surface area contributed by atoms with Gasteiger partial charge in [0, 0.05) is 12.6 Å². The number of hydrogen-bond acceptors (Lipinski definition) is 1. The number of aryl methyl sites for hydroxylation is 2. The minimum Gasteiger partial charge on any atom is -0.331 e. The Morgan fingerprint density at radius 2 is 1.76 bits per heavy atom. The van der Waals surface area contributed by atoms with Crippen molar-refractivity contribution < 1.29 is 4.39 Å². The third-order valence-electron chi connectivity index (χ3n) is 2.24. The van der Waals surface area contributed by atoms with Crippen molar-refractivity contribution in [3.63, 3.8) is 0 Å². The second kappa shape index (κ2) is 7.82. The van der Waals surface area contributed by atoms with Crippen LogP contribution in [0.3, 0.4) is 0 Å². The molecule has 0 aliphatic heterocycles. The third-order valence-corrected chi connectivity index (χ3v) is 2.24. The maximum atomic E-state index is 13.2. The van der Waals surface area contributed by atoms with E-state index < -0.39 is 0 Å². The van der Waals surface area contributed by atoms with E-state index >= 15 is 0 Å². The zero-order valence-electron chi connectivity index (χ0n) is 11.7. The molecule has 0 saturated heterocycles. The molecule has 0 bridgehead atoms. The molecule has 0 unspecified atom stereocenters. The standard InChI is InChI=1S/C10H11FN2.2C2H6/c1-3-13-6-12-9-4-7(2)8(11)5-10(9)13;2*1-2/h4-6H,3H2,1-2H3;2*1-2H3. The second-order valence-electron chi connectivity index (χ2n) is 3.12. The highest BCUT2D eigenvalue weighted by atomic mass is 19.1. The molecule has 3 heteroatoms. The molecular formula is C14H23FN2. The molecule has 2 aromatic rings. The van der Waals surface area contributed by atoms with E-state index in [1.165, 1.54) is 0 Å². The molecule has 0 aliphatic rings. The fraction of sp³-hybridized carbons (Fsp3) is 0.500. The largest absolute Gasteiger partial charge is 0.331 e. The summed E-state index contributed by atoms with van der Waals surface area (Å²) in [6, 6.07) is 3.32. The summed E-state index contributed by atoms with van der Waals surface area (Å²) in [4.78, 5) is 4.19. The Morgan fingerprint density at radius 1 is 1.18 bits per heavy atom. The van der Waals surface area contributed by atoms with Crippen LogP contribution in [-0.4, -0.2) is 9.55 Å². The van der Waals surface area contributed by atoms with Crippen molar-refractivity contribution in [3.8, 4) is 0 Å². The Labute approximate surface area is 103 Å². The topological polar surface area (TPSA) is 17.8 Å². The maximum Gasteiger partial charge on any atom is 0.128 e. The van der Waals surface area contributed by atoms with Crippen LogP contribution in [0.4, 0.5) is 4.39 Å². The highest BCUT2D eigenvalue weighted by molar-refractivity contribution is 5.76. The Hall–Kier alpha value is -1.38. The lowest BCUT2D eigenvalue weighted by molar-refractivity contribution is 0.619. The lowest BCUT2D eigenvalue weighted by Crippen LogP contribution is -1.91. The van der Waals surface area contributed by atoms with E-state index in [0.717, 1.165) is 17.6 Å². The van der Waals surface area contributed by atoms with Crippen molar-refractivity contribution in [2.24, 2.45) is 0 Å². The smallest absolute Gasteiger partial charge is 0.128 e. The number of aromatic nitrogens is 2. The minimum absolute atomic E-state index is 0.164. The molecule has 2 nitrogen and oxygen atoms in total. The molecule has 0 aliphatic carbocycles. The van der Waals surface area contributed by atoms with Gasteiger partial charge in [-0.2, -0.15) is 0 Å². The van der Waals surface area contributed by atoms with Gasteiger partial charge in [0.15, 0.2) is 0 Å². The normalized spacial score (nSPS) is 9.12. The first-order valence-corrected chi connectivity index (χ1v) is 6.33. The van der Waals surface area contributed by atoms with Gasteiger partial charge in [-0.1, -0.05) is 27.7 Å². The van der Waals surface area contributed by atoms with Crippen molar-refractivity contribution in [2.45, 2.75) is 48.1 Å². The molecule has 96 valence electrons. The average molecular weight is 238 g/mol. The number of imidazole rings is 1. The molecule has 0 spiro atoms. The zero-order chi connectivity index (χ0) is 13.4. The van der Waals surface area contributed by atoms with E-state index in [1.807, 2.05) is 39.2 Å². The number of fused-ring (bicyclic) bond motifs is 1. The Balaban J connectivity index is 0.000000581. The summed E-state index contributed by atoms with van der Waals surface area (Å²) in [6.45, 7) is 12.6. The van der Waals surface area contributed by atoms with Crippen molar-refractivity contribution in [1.29, 1.82) is 0 Å². The molecule has 1 aromatic carbocycles. The fourth-order valence-corrected chi connectivity index (χ4v) is 1.44. The maximum absolute atomic E-state index is 13.2. The van der Waals surface area contributed by atoms with Crippen LogP contribution < -0.4 is 0 Å². The summed E-state index contributed by atoms with van der Waals surface area (Å²) < 4.78 is 15.1. The quantitative estimate of drug-likeness (QED) is 0.712. The molecule has 0 atom stereocenters. The first-order chi connectivity index (χ1) is 8.22. The minimum atomic E-state index is -0.164. The summed E-state index contributed by atoms with van der Waals surface area (Å²) in [5, 5.41) is 0. The van der Waals surface area contributed by atoms with Gasteiger partial charge >= 0.3 is 0 Å². The number of nitrogens with zero attached hydrogens (tertiary/aromatic N) is 2. The molecule has 0 fully saturated rings. The summed E-state index contributed by atoms with van der Waals surface area (Å²) in [6.07, 6.45) is 1.74. The van der Waals surface area contributed by atoms with Gasteiger partial charge in [0.2, 0.25) is 0 Å². The second-order valence-corrected chi connectivity index (χ2v) is 3.12. The van der Waals surface area contributed by atoms with Crippen LogP contribution in [0, 0.1) is 12.7 Å². The molecule has 0 amide bonds. The molecule has 1 heterocycles. The molecular weight excluding hydrogens is 215 g/mol. The van der Waals surface area contributed by atoms with Gasteiger partial charge in [0.1, 0.15) is 5.82 Å². The summed E-state index contributed by atoms with van der Waals surface area (Å²) >= 11 is 0. The van der Waals surface area contributed by atoms with Crippen LogP contribution in [0.25, 0.3) is 11.0 Å². The van der Waals surface area contributed by atoms with Gasteiger partial charge in [-0.25, -0.2) is 9.37 Å². The number of benzene rings is 1.